The maximum absolute atomic E-state index is 11.5. The molecule has 0 unspecified atom stereocenters. The number of hydrogen-bond donors (Lipinski definition) is 2. The Morgan fingerprint density at radius 1 is 1.60 bits per heavy atom. The van der Waals surface area contributed by atoms with Gasteiger partial charge in [-0.3, -0.25) is 4.79 Å². The number of hydrogen-bond acceptors (Lipinski definition) is 4. The molecule has 1 rings (SSSR count). The fourth-order valence-corrected chi connectivity index (χ4v) is 1.59. The number of aliphatic hydroxyl groups excluding tert-OH is 1. The Labute approximate surface area is 96.2 Å². The second kappa shape index (κ2) is 5.87. The molecule has 0 saturated carbocycles. The minimum atomic E-state index is -0.165. The topological polar surface area (TPSA) is 67.2 Å². The van der Waals surface area contributed by atoms with E-state index in [0.717, 1.165) is 12.8 Å². The molecule has 0 spiro atoms. The lowest BCUT2D eigenvalue weighted by molar-refractivity contribution is 0.286. The largest absolute Gasteiger partial charge is 0.396 e. The predicted octanol–water partition coefficient (Wildman–Crippen LogP) is 0.727. The SMILES string of the molecule is Cn1ncc(NCCCCO)c(Br)c1=O. The second-order valence-corrected chi connectivity index (χ2v) is 3.95. The molecule has 0 aromatic carbocycles. The Bertz CT molecular complexity index is 378. The Kier molecular flexibility index (Phi) is 4.77. The van der Waals surface area contributed by atoms with E-state index >= 15 is 0 Å². The average molecular weight is 276 g/mol. The van der Waals surface area contributed by atoms with Crippen molar-refractivity contribution < 1.29 is 5.11 Å². The first-order valence-electron chi connectivity index (χ1n) is 4.73. The summed E-state index contributed by atoms with van der Waals surface area (Å²) >= 11 is 3.21. The number of aromatic nitrogens is 2. The predicted molar refractivity (Wildman–Crippen MR) is 62.0 cm³/mol. The first-order chi connectivity index (χ1) is 7.16. The van der Waals surface area contributed by atoms with Gasteiger partial charge in [-0.2, -0.15) is 5.10 Å². The van der Waals surface area contributed by atoms with E-state index in [1.54, 1.807) is 13.2 Å². The third kappa shape index (κ3) is 3.32. The van der Waals surface area contributed by atoms with E-state index in [4.69, 9.17) is 5.11 Å². The summed E-state index contributed by atoms with van der Waals surface area (Å²) in [7, 11) is 1.60. The zero-order valence-electron chi connectivity index (χ0n) is 8.53. The average Bonchev–Trinajstić information content (AvgIpc) is 2.24. The van der Waals surface area contributed by atoms with Gasteiger partial charge in [-0.1, -0.05) is 0 Å². The van der Waals surface area contributed by atoms with Crippen molar-refractivity contribution in [1.82, 2.24) is 9.78 Å². The maximum atomic E-state index is 11.5. The van der Waals surface area contributed by atoms with E-state index in [0.29, 0.717) is 16.7 Å². The van der Waals surface area contributed by atoms with Gasteiger partial charge < -0.3 is 10.4 Å². The summed E-state index contributed by atoms with van der Waals surface area (Å²) in [6, 6.07) is 0. The molecule has 15 heavy (non-hydrogen) atoms. The number of unbranched alkanes of at least 4 members (excludes halogenated alkanes) is 1. The van der Waals surface area contributed by atoms with Crippen LogP contribution in [-0.4, -0.2) is 28.0 Å². The summed E-state index contributed by atoms with van der Waals surface area (Å²) in [4.78, 5) is 11.5. The molecule has 0 atom stereocenters. The fourth-order valence-electron chi connectivity index (χ4n) is 1.09. The molecule has 5 nitrogen and oxygen atoms in total. The summed E-state index contributed by atoms with van der Waals surface area (Å²) < 4.78 is 1.76. The summed E-state index contributed by atoms with van der Waals surface area (Å²) in [6.07, 6.45) is 3.21. The van der Waals surface area contributed by atoms with E-state index in [1.807, 2.05) is 0 Å². The quantitative estimate of drug-likeness (QED) is 0.778. The lowest BCUT2D eigenvalue weighted by atomic mass is 10.3. The number of rotatable bonds is 5. The van der Waals surface area contributed by atoms with Crippen LogP contribution >= 0.6 is 15.9 Å². The van der Waals surface area contributed by atoms with Crippen LogP contribution in [0.3, 0.4) is 0 Å². The van der Waals surface area contributed by atoms with Crippen molar-refractivity contribution in [3.8, 4) is 0 Å². The zero-order chi connectivity index (χ0) is 11.3. The number of nitrogens with one attached hydrogen (secondary N) is 1. The van der Waals surface area contributed by atoms with Crippen molar-refractivity contribution in [3.05, 3.63) is 21.0 Å². The van der Waals surface area contributed by atoms with E-state index in [9.17, 15) is 4.79 Å². The molecule has 6 heteroatoms. The summed E-state index contributed by atoms with van der Waals surface area (Å²) in [6.45, 7) is 0.908. The van der Waals surface area contributed by atoms with Gasteiger partial charge in [0.25, 0.3) is 5.56 Å². The smallest absolute Gasteiger partial charge is 0.282 e. The minimum Gasteiger partial charge on any atom is -0.396 e. The molecule has 1 aromatic rings. The summed E-state index contributed by atoms with van der Waals surface area (Å²) in [5.74, 6) is 0. The molecular weight excluding hydrogens is 262 g/mol. The molecule has 0 bridgehead atoms. The molecule has 2 N–H and O–H groups in total. The van der Waals surface area contributed by atoms with Crippen molar-refractivity contribution in [1.29, 1.82) is 0 Å². The number of nitrogens with zero attached hydrogens (tertiary/aromatic N) is 2. The van der Waals surface area contributed by atoms with Crippen LogP contribution in [0.5, 0.6) is 0 Å². The molecule has 0 saturated heterocycles. The molecule has 0 radical (unpaired) electrons. The van der Waals surface area contributed by atoms with Gasteiger partial charge in [0, 0.05) is 20.2 Å². The van der Waals surface area contributed by atoms with E-state index in [1.165, 1.54) is 4.68 Å². The zero-order valence-corrected chi connectivity index (χ0v) is 10.1. The molecule has 0 aliphatic carbocycles. The summed E-state index contributed by atoms with van der Waals surface area (Å²) in [5.41, 5.74) is 0.526. The molecule has 1 aromatic heterocycles. The number of halogens is 1. The van der Waals surface area contributed by atoms with Crippen LogP contribution in [0.15, 0.2) is 15.5 Å². The normalized spacial score (nSPS) is 10.3. The highest BCUT2D eigenvalue weighted by Crippen LogP contribution is 2.15. The van der Waals surface area contributed by atoms with Crippen molar-refractivity contribution >= 4 is 21.6 Å². The first-order valence-corrected chi connectivity index (χ1v) is 5.52. The monoisotopic (exact) mass is 275 g/mol. The Morgan fingerprint density at radius 2 is 2.33 bits per heavy atom. The molecule has 84 valence electrons. The third-order valence-corrected chi connectivity index (χ3v) is 2.74. The molecular formula is C9H14BrN3O2. The lowest BCUT2D eigenvalue weighted by Gasteiger charge is -2.07. The van der Waals surface area contributed by atoms with Crippen LogP contribution in [0.1, 0.15) is 12.8 Å². The van der Waals surface area contributed by atoms with Gasteiger partial charge in [0.1, 0.15) is 4.47 Å². The molecule has 1 heterocycles. The van der Waals surface area contributed by atoms with Crippen LogP contribution in [0.4, 0.5) is 5.69 Å². The van der Waals surface area contributed by atoms with Gasteiger partial charge in [-0.25, -0.2) is 4.68 Å². The highest BCUT2D eigenvalue weighted by molar-refractivity contribution is 9.10. The number of aryl methyl sites for hydroxylation is 1. The lowest BCUT2D eigenvalue weighted by Crippen LogP contribution is -2.21. The van der Waals surface area contributed by atoms with Gasteiger partial charge in [-0.15, -0.1) is 0 Å². The van der Waals surface area contributed by atoms with Crippen molar-refractivity contribution in [3.63, 3.8) is 0 Å². The minimum absolute atomic E-state index is 0.165. The Morgan fingerprint density at radius 3 is 3.00 bits per heavy atom. The van der Waals surface area contributed by atoms with E-state index in [-0.39, 0.29) is 12.2 Å². The highest BCUT2D eigenvalue weighted by atomic mass is 79.9. The Hall–Kier alpha value is -0.880. The molecule has 0 aliphatic heterocycles. The van der Waals surface area contributed by atoms with Crippen LogP contribution in [0.2, 0.25) is 0 Å². The Balaban J connectivity index is 2.62. The highest BCUT2D eigenvalue weighted by Gasteiger charge is 2.05. The maximum Gasteiger partial charge on any atom is 0.282 e. The van der Waals surface area contributed by atoms with Gasteiger partial charge in [0.2, 0.25) is 0 Å². The summed E-state index contributed by atoms with van der Waals surface area (Å²) in [5, 5.41) is 15.6. The van der Waals surface area contributed by atoms with Crippen molar-refractivity contribution in [2.24, 2.45) is 7.05 Å². The molecule has 0 amide bonds. The van der Waals surface area contributed by atoms with E-state index < -0.39 is 0 Å². The van der Waals surface area contributed by atoms with Crippen LogP contribution in [-0.2, 0) is 7.05 Å². The standard InChI is InChI=1S/C9H14BrN3O2/c1-13-9(15)8(10)7(6-12-13)11-4-2-3-5-14/h6,11,14H,2-5H2,1H3. The van der Waals surface area contributed by atoms with Gasteiger partial charge in [0.15, 0.2) is 0 Å². The van der Waals surface area contributed by atoms with Crippen molar-refractivity contribution in [2.75, 3.05) is 18.5 Å². The van der Waals surface area contributed by atoms with Crippen LogP contribution in [0.25, 0.3) is 0 Å². The van der Waals surface area contributed by atoms with Gasteiger partial charge in [0.05, 0.1) is 11.9 Å². The fraction of sp³-hybridized carbons (Fsp3) is 0.556. The number of anilines is 1. The van der Waals surface area contributed by atoms with E-state index in [2.05, 4.69) is 26.3 Å². The second-order valence-electron chi connectivity index (χ2n) is 3.16. The molecule has 0 aliphatic rings. The molecule has 0 fully saturated rings. The van der Waals surface area contributed by atoms with Crippen LogP contribution in [0, 0.1) is 0 Å². The third-order valence-electron chi connectivity index (χ3n) is 1.98. The van der Waals surface area contributed by atoms with Crippen LogP contribution < -0.4 is 10.9 Å². The van der Waals surface area contributed by atoms with Crippen molar-refractivity contribution in [2.45, 2.75) is 12.8 Å². The number of aliphatic hydroxyl groups is 1. The first kappa shape index (κ1) is 12.2. The van der Waals surface area contributed by atoms with Gasteiger partial charge >= 0.3 is 0 Å². The van der Waals surface area contributed by atoms with Gasteiger partial charge in [-0.05, 0) is 28.8 Å².